The van der Waals surface area contributed by atoms with Crippen LogP contribution in [0.2, 0.25) is 0 Å². The number of anilines is 1. The van der Waals surface area contributed by atoms with Gasteiger partial charge in [0.1, 0.15) is 11.6 Å². The molecule has 1 N–H and O–H groups in total. The molecule has 1 amide bonds. The monoisotopic (exact) mass is 371 g/mol. The number of rotatable bonds is 4. The van der Waals surface area contributed by atoms with E-state index in [1.807, 2.05) is 24.3 Å². The predicted octanol–water partition coefficient (Wildman–Crippen LogP) is 4.85. The van der Waals surface area contributed by atoms with Crippen LogP contribution in [0.4, 0.5) is 14.5 Å². The summed E-state index contributed by atoms with van der Waals surface area (Å²) in [5.74, 6) is -1.82. The van der Waals surface area contributed by atoms with Gasteiger partial charge in [-0.05, 0) is 47.1 Å². The van der Waals surface area contributed by atoms with E-state index in [1.54, 1.807) is 6.92 Å². The molecule has 2 nitrogen and oxygen atoms in total. The molecule has 2 rings (SSSR count). The van der Waals surface area contributed by atoms with Crippen molar-refractivity contribution in [3.05, 3.63) is 58.6 Å². The second kappa shape index (κ2) is 7.04. The summed E-state index contributed by atoms with van der Waals surface area (Å²) in [5, 5.41) is 2.04. The Bertz CT molecular complexity index is 666. The lowest BCUT2D eigenvalue weighted by Gasteiger charge is -2.13. The van der Waals surface area contributed by atoms with Crippen LogP contribution < -0.4 is 5.32 Å². The first-order chi connectivity index (χ1) is 9.97. The van der Waals surface area contributed by atoms with E-state index in [9.17, 15) is 13.6 Å². The van der Waals surface area contributed by atoms with Crippen molar-refractivity contribution in [2.24, 2.45) is 0 Å². The molecule has 2 aromatic carbocycles. The molecule has 0 spiro atoms. The third-order valence-electron chi connectivity index (χ3n) is 2.70. The lowest BCUT2D eigenvalue weighted by Crippen LogP contribution is -2.23. The molecule has 0 aliphatic rings. The van der Waals surface area contributed by atoms with E-state index in [1.165, 1.54) is 17.8 Å². The van der Waals surface area contributed by atoms with Crippen molar-refractivity contribution >= 4 is 39.3 Å². The zero-order chi connectivity index (χ0) is 15.4. The Balaban J connectivity index is 2.04. The number of hydrogen-bond donors (Lipinski definition) is 1. The fraction of sp³-hybridized carbons (Fsp3) is 0.133. The number of carbonyl (C=O) groups excluding carboxylic acids is 1. The van der Waals surface area contributed by atoms with Crippen molar-refractivity contribution in [2.45, 2.75) is 17.1 Å². The maximum Gasteiger partial charge on any atom is 0.237 e. The Morgan fingerprint density at radius 2 is 1.95 bits per heavy atom. The van der Waals surface area contributed by atoms with Crippen molar-refractivity contribution in [2.75, 3.05) is 5.32 Å². The van der Waals surface area contributed by atoms with Gasteiger partial charge < -0.3 is 5.32 Å². The van der Waals surface area contributed by atoms with Gasteiger partial charge in [0.25, 0.3) is 0 Å². The van der Waals surface area contributed by atoms with Crippen LogP contribution in [0.1, 0.15) is 6.92 Å². The van der Waals surface area contributed by atoms with Gasteiger partial charge in [0, 0.05) is 15.4 Å². The van der Waals surface area contributed by atoms with Gasteiger partial charge in [-0.3, -0.25) is 4.79 Å². The van der Waals surface area contributed by atoms with Gasteiger partial charge in [-0.1, -0.05) is 12.1 Å². The van der Waals surface area contributed by atoms with Gasteiger partial charge in [0.15, 0.2) is 0 Å². The number of carbonyl (C=O) groups is 1. The molecule has 21 heavy (non-hydrogen) atoms. The van der Waals surface area contributed by atoms with E-state index in [0.29, 0.717) is 0 Å². The van der Waals surface area contributed by atoms with Crippen LogP contribution in [-0.2, 0) is 4.79 Å². The van der Waals surface area contributed by atoms with Crippen molar-refractivity contribution in [3.63, 3.8) is 0 Å². The fourth-order valence-electron chi connectivity index (χ4n) is 1.61. The van der Waals surface area contributed by atoms with Crippen molar-refractivity contribution < 1.29 is 13.6 Å². The molecule has 6 heteroatoms. The lowest BCUT2D eigenvalue weighted by atomic mass is 10.3. The van der Waals surface area contributed by atoms with Gasteiger partial charge in [-0.15, -0.1) is 11.8 Å². The Hall–Kier alpha value is -1.40. The Labute approximate surface area is 134 Å². The highest BCUT2D eigenvalue weighted by molar-refractivity contribution is 9.10. The minimum Gasteiger partial charge on any atom is -0.323 e. The average molecular weight is 372 g/mol. The highest BCUT2D eigenvalue weighted by atomic mass is 79.9. The summed E-state index contributed by atoms with van der Waals surface area (Å²) >= 11 is 4.76. The van der Waals surface area contributed by atoms with Crippen molar-refractivity contribution in [3.8, 4) is 0 Å². The molecule has 0 aliphatic heterocycles. The van der Waals surface area contributed by atoms with Crippen LogP contribution in [-0.4, -0.2) is 11.2 Å². The first-order valence-electron chi connectivity index (χ1n) is 6.14. The normalized spacial score (nSPS) is 12.0. The quantitative estimate of drug-likeness (QED) is 0.778. The van der Waals surface area contributed by atoms with E-state index in [0.717, 1.165) is 21.5 Å². The van der Waals surface area contributed by atoms with Crippen LogP contribution in [0.5, 0.6) is 0 Å². The number of thioether (sulfide) groups is 1. The Morgan fingerprint density at radius 3 is 2.62 bits per heavy atom. The van der Waals surface area contributed by atoms with E-state index in [-0.39, 0.29) is 11.6 Å². The molecule has 2 aromatic rings. The molecular formula is C15H12BrF2NOS. The third kappa shape index (κ3) is 4.28. The summed E-state index contributed by atoms with van der Waals surface area (Å²) in [6, 6.07) is 10.6. The maximum atomic E-state index is 13.5. The van der Waals surface area contributed by atoms with Crippen LogP contribution in [0.25, 0.3) is 0 Å². The summed E-state index contributed by atoms with van der Waals surface area (Å²) < 4.78 is 27.2. The van der Waals surface area contributed by atoms with Crippen LogP contribution in [0.15, 0.2) is 51.8 Å². The fourth-order valence-corrected chi connectivity index (χ4v) is 3.06. The lowest BCUT2D eigenvalue weighted by molar-refractivity contribution is -0.115. The zero-order valence-corrected chi connectivity index (χ0v) is 13.5. The van der Waals surface area contributed by atoms with Gasteiger partial charge in [0.05, 0.1) is 10.9 Å². The van der Waals surface area contributed by atoms with E-state index in [2.05, 4.69) is 21.2 Å². The Kier molecular flexibility index (Phi) is 5.36. The number of amides is 1. The van der Waals surface area contributed by atoms with Gasteiger partial charge in [0.2, 0.25) is 5.91 Å². The minimum atomic E-state index is -0.790. The molecular weight excluding hydrogens is 360 g/mol. The predicted molar refractivity (Wildman–Crippen MR) is 84.4 cm³/mol. The van der Waals surface area contributed by atoms with Gasteiger partial charge in [-0.2, -0.15) is 0 Å². The van der Waals surface area contributed by atoms with Gasteiger partial charge in [-0.25, -0.2) is 8.78 Å². The topological polar surface area (TPSA) is 29.1 Å². The minimum absolute atomic E-state index is 0.0269. The van der Waals surface area contributed by atoms with Crippen LogP contribution >= 0.6 is 27.7 Å². The molecule has 110 valence electrons. The van der Waals surface area contributed by atoms with Crippen LogP contribution in [0.3, 0.4) is 0 Å². The molecule has 0 radical (unpaired) electrons. The standard InChI is InChI=1S/C15H12BrF2NOS/c1-9(21-14-5-3-2-4-11(14)16)15(20)19-13-7-6-10(17)8-12(13)18/h2-9H,1H3,(H,19,20)/t9-/m0/s1. The molecule has 0 fully saturated rings. The summed E-state index contributed by atoms with van der Waals surface area (Å²) in [6.07, 6.45) is 0. The largest absolute Gasteiger partial charge is 0.323 e. The highest BCUT2D eigenvalue weighted by Gasteiger charge is 2.17. The summed E-state index contributed by atoms with van der Waals surface area (Å²) in [4.78, 5) is 13.0. The molecule has 0 aliphatic carbocycles. The highest BCUT2D eigenvalue weighted by Crippen LogP contribution is 2.30. The van der Waals surface area contributed by atoms with E-state index < -0.39 is 16.9 Å². The smallest absolute Gasteiger partial charge is 0.237 e. The molecule has 0 saturated heterocycles. The first-order valence-corrected chi connectivity index (χ1v) is 7.81. The number of halogens is 3. The summed E-state index contributed by atoms with van der Waals surface area (Å²) in [7, 11) is 0. The summed E-state index contributed by atoms with van der Waals surface area (Å²) in [6.45, 7) is 1.72. The molecule has 0 saturated carbocycles. The summed E-state index contributed by atoms with van der Waals surface area (Å²) in [5.41, 5.74) is -0.0269. The molecule has 0 bridgehead atoms. The molecule has 1 atom stereocenters. The zero-order valence-electron chi connectivity index (χ0n) is 11.1. The van der Waals surface area contributed by atoms with E-state index >= 15 is 0 Å². The SMILES string of the molecule is C[C@H](Sc1ccccc1Br)C(=O)Nc1ccc(F)cc1F. The Morgan fingerprint density at radius 1 is 1.24 bits per heavy atom. The third-order valence-corrected chi connectivity index (χ3v) is 4.83. The molecule has 0 aromatic heterocycles. The maximum absolute atomic E-state index is 13.5. The van der Waals surface area contributed by atoms with Crippen molar-refractivity contribution in [1.29, 1.82) is 0 Å². The van der Waals surface area contributed by atoms with E-state index in [4.69, 9.17) is 0 Å². The molecule has 0 heterocycles. The van der Waals surface area contributed by atoms with Gasteiger partial charge >= 0.3 is 0 Å². The second-order valence-electron chi connectivity index (χ2n) is 4.30. The second-order valence-corrected chi connectivity index (χ2v) is 6.54. The first kappa shape index (κ1) is 16.0. The van der Waals surface area contributed by atoms with Crippen molar-refractivity contribution in [1.82, 2.24) is 0 Å². The average Bonchev–Trinajstić information content (AvgIpc) is 2.44. The van der Waals surface area contributed by atoms with Crippen LogP contribution in [0, 0.1) is 11.6 Å². The number of hydrogen-bond acceptors (Lipinski definition) is 2. The molecule has 0 unspecified atom stereocenters. The number of benzene rings is 2. The number of nitrogens with one attached hydrogen (secondary N) is 1.